The minimum Gasteiger partial charge on any atom is -0.397 e. The van der Waals surface area contributed by atoms with Crippen LogP contribution in [0.15, 0.2) is 24.9 Å². The van der Waals surface area contributed by atoms with Crippen molar-refractivity contribution in [3.8, 4) is 0 Å². The third-order valence-corrected chi connectivity index (χ3v) is 3.05. The summed E-state index contributed by atoms with van der Waals surface area (Å²) in [5.41, 5.74) is 7.15. The third kappa shape index (κ3) is 2.35. The first kappa shape index (κ1) is 11.8. The first-order valence-corrected chi connectivity index (χ1v) is 6.04. The Labute approximate surface area is 102 Å². The molecule has 1 fully saturated rings. The van der Waals surface area contributed by atoms with Crippen molar-refractivity contribution in [2.45, 2.75) is 25.8 Å². The highest BCUT2D eigenvalue weighted by Gasteiger charge is 2.28. The summed E-state index contributed by atoms with van der Waals surface area (Å²) in [5, 5.41) is 0. The summed E-state index contributed by atoms with van der Waals surface area (Å²) in [5.74, 6) is 0.0380. The van der Waals surface area contributed by atoms with Gasteiger partial charge in [-0.05, 0) is 25.8 Å². The Morgan fingerprint density at radius 3 is 2.94 bits per heavy atom. The highest BCUT2D eigenvalue weighted by molar-refractivity contribution is 5.94. The van der Waals surface area contributed by atoms with E-state index in [1.54, 1.807) is 17.0 Å². The molecule has 1 saturated carbocycles. The third-order valence-electron chi connectivity index (χ3n) is 3.05. The van der Waals surface area contributed by atoms with E-state index in [9.17, 15) is 4.79 Å². The molecule has 1 aliphatic rings. The standard InChI is InChI=1S/C13H19N3O/c1-3-7-15(4-2)13(17)12-8-10(14)9-16(12)11-5-6-11/h3,8-9,11H,1,4-7,14H2,2H3. The van der Waals surface area contributed by atoms with E-state index in [0.717, 1.165) is 12.8 Å². The first-order chi connectivity index (χ1) is 8.17. The van der Waals surface area contributed by atoms with Crippen LogP contribution in [0.5, 0.6) is 0 Å². The van der Waals surface area contributed by atoms with E-state index in [-0.39, 0.29) is 5.91 Å². The van der Waals surface area contributed by atoms with E-state index in [2.05, 4.69) is 6.58 Å². The van der Waals surface area contributed by atoms with Gasteiger partial charge in [0.15, 0.2) is 0 Å². The summed E-state index contributed by atoms with van der Waals surface area (Å²) in [6.07, 6.45) is 5.89. The molecule has 92 valence electrons. The Morgan fingerprint density at radius 1 is 1.71 bits per heavy atom. The molecule has 1 aromatic rings. The van der Waals surface area contributed by atoms with E-state index < -0.39 is 0 Å². The number of nitrogens with zero attached hydrogens (tertiary/aromatic N) is 2. The van der Waals surface area contributed by atoms with Gasteiger partial charge in [0.1, 0.15) is 5.69 Å². The summed E-state index contributed by atoms with van der Waals surface area (Å²) in [6, 6.07) is 2.24. The number of nitrogens with two attached hydrogens (primary N) is 1. The molecule has 0 spiro atoms. The zero-order chi connectivity index (χ0) is 12.4. The molecule has 1 aromatic heterocycles. The lowest BCUT2D eigenvalue weighted by Crippen LogP contribution is -2.32. The minimum absolute atomic E-state index is 0.0380. The van der Waals surface area contributed by atoms with Crippen molar-refractivity contribution in [1.82, 2.24) is 9.47 Å². The molecule has 1 aliphatic carbocycles. The molecular formula is C13H19N3O. The van der Waals surface area contributed by atoms with Crippen LogP contribution in [0.3, 0.4) is 0 Å². The Kier molecular flexibility index (Phi) is 3.22. The molecule has 0 aromatic carbocycles. The first-order valence-electron chi connectivity index (χ1n) is 6.04. The lowest BCUT2D eigenvalue weighted by molar-refractivity contribution is 0.0771. The van der Waals surface area contributed by atoms with Crippen molar-refractivity contribution in [2.75, 3.05) is 18.8 Å². The number of likely N-dealkylation sites (N-methyl/N-ethyl adjacent to an activating group) is 1. The smallest absolute Gasteiger partial charge is 0.270 e. The predicted molar refractivity (Wildman–Crippen MR) is 68.9 cm³/mol. The second-order valence-electron chi connectivity index (χ2n) is 4.43. The monoisotopic (exact) mass is 233 g/mol. The molecule has 0 unspecified atom stereocenters. The van der Waals surface area contributed by atoms with Crippen molar-refractivity contribution in [1.29, 1.82) is 0 Å². The van der Waals surface area contributed by atoms with E-state index in [1.807, 2.05) is 17.7 Å². The van der Waals surface area contributed by atoms with Gasteiger partial charge in [0.2, 0.25) is 0 Å². The molecule has 0 radical (unpaired) electrons. The number of nitrogen functional groups attached to an aromatic ring is 1. The number of carbonyl (C=O) groups is 1. The van der Waals surface area contributed by atoms with Gasteiger partial charge in [0.25, 0.3) is 5.91 Å². The van der Waals surface area contributed by atoms with Gasteiger partial charge in [-0.15, -0.1) is 6.58 Å². The number of rotatable bonds is 5. The van der Waals surface area contributed by atoms with Gasteiger partial charge in [0, 0.05) is 25.3 Å². The maximum atomic E-state index is 12.3. The van der Waals surface area contributed by atoms with Crippen LogP contribution in [0.1, 0.15) is 36.3 Å². The van der Waals surface area contributed by atoms with Gasteiger partial charge in [-0.2, -0.15) is 0 Å². The van der Waals surface area contributed by atoms with Crippen LogP contribution in [0.2, 0.25) is 0 Å². The highest BCUT2D eigenvalue weighted by Crippen LogP contribution is 2.37. The molecule has 2 rings (SSSR count). The lowest BCUT2D eigenvalue weighted by atomic mass is 10.3. The van der Waals surface area contributed by atoms with Crippen molar-refractivity contribution in [3.05, 3.63) is 30.6 Å². The number of amides is 1. The van der Waals surface area contributed by atoms with Crippen LogP contribution < -0.4 is 5.73 Å². The summed E-state index contributed by atoms with van der Waals surface area (Å²) >= 11 is 0. The van der Waals surface area contributed by atoms with E-state index in [0.29, 0.717) is 30.5 Å². The molecular weight excluding hydrogens is 214 g/mol. The number of anilines is 1. The molecule has 0 bridgehead atoms. The summed E-state index contributed by atoms with van der Waals surface area (Å²) in [6.45, 7) is 6.90. The maximum absolute atomic E-state index is 12.3. The van der Waals surface area contributed by atoms with E-state index in [1.165, 1.54) is 0 Å². The fourth-order valence-electron chi connectivity index (χ4n) is 2.00. The summed E-state index contributed by atoms with van der Waals surface area (Å²) in [4.78, 5) is 14.1. The van der Waals surface area contributed by atoms with Crippen molar-refractivity contribution in [3.63, 3.8) is 0 Å². The molecule has 17 heavy (non-hydrogen) atoms. The number of hydrogen-bond donors (Lipinski definition) is 1. The van der Waals surface area contributed by atoms with Gasteiger partial charge in [-0.3, -0.25) is 4.79 Å². The second-order valence-corrected chi connectivity index (χ2v) is 4.43. The van der Waals surface area contributed by atoms with Crippen molar-refractivity contribution in [2.24, 2.45) is 0 Å². The average Bonchev–Trinajstić information content (AvgIpc) is 3.08. The van der Waals surface area contributed by atoms with Gasteiger partial charge in [-0.25, -0.2) is 0 Å². The topological polar surface area (TPSA) is 51.3 Å². The SMILES string of the molecule is C=CCN(CC)C(=O)c1cc(N)cn1C1CC1. The molecule has 2 N–H and O–H groups in total. The lowest BCUT2D eigenvalue weighted by Gasteiger charge is -2.19. The van der Waals surface area contributed by atoms with Crippen LogP contribution in [-0.4, -0.2) is 28.5 Å². The maximum Gasteiger partial charge on any atom is 0.270 e. The molecule has 0 aliphatic heterocycles. The van der Waals surface area contributed by atoms with E-state index >= 15 is 0 Å². The van der Waals surface area contributed by atoms with Crippen molar-refractivity contribution >= 4 is 11.6 Å². The van der Waals surface area contributed by atoms with Crippen molar-refractivity contribution < 1.29 is 4.79 Å². The van der Waals surface area contributed by atoms with Crippen LogP contribution in [0.4, 0.5) is 5.69 Å². The quantitative estimate of drug-likeness (QED) is 0.791. The minimum atomic E-state index is 0.0380. The van der Waals surface area contributed by atoms with Gasteiger partial charge < -0.3 is 15.2 Å². The number of aromatic nitrogens is 1. The van der Waals surface area contributed by atoms with Crippen LogP contribution in [-0.2, 0) is 0 Å². The summed E-state index contributed by atoms with van der Waals surface area (Å²) in [7, 11) is 0. The summed E-state index contributed by atoms with van der Waals surface area (Å²) < 4.78 is 2.02. The molecule has 1 amide bonds. The highest BCUT2D eigenvalue weighted by atomic mass is 16.2. The largest absolute Gasteiger partial charge is 0.397 e. The zero-order valence-electron chi connectivity index (χ0n) is 10.2. The molecule has 4 nitrogen and oxygen atoms in total. The van der Waals surface area contributed by atoms with Crippen LogP contribution in [0, 0.1) is 0 Å². The van der Waals surface area contributed by atoms with Crippen LogP contribution in [0.25, 0.3) is 0 Å². The van der Waals surface area contributed by atoms with Gasteiger partial charge >= 0.3 is 0 Å². The van der Waals surface area contributed by atoms with E-state index in [4.69, 9.17) is 5.73 Å². The van der Waals surface area contributed by atoms with Gasteiger partial charge in [-0.1, -0.05) is 6.08 Å². The predicted octanol–water partition coefficient (Wildman–Crippen LogP) is 2.05. The molecule has 4 heteroatoms. The molecule has 0 atom stereocenters. The Hall–Kier alpha value is -1.71. The average molecular weight is 233 g/mol. The fourth-order valence-corrected chi connectivity index (χ4v) is 2.00. The van der Waals surface area contributed by atoms with Gasteiger partial charge in [0.05, 0.1) is 5.69 Å². The number of hydrogen-bond acceptors (Lipinski definition) is 2. The van der Waals surface area contributed by atoms with Crippen LogP contribution >= 0.6 is 0 Å². The molecule has 1 heterocycles. The zero-order valence-corrected chi connectivity index (χ0v) is 10.2. The Morgan fingerprint density at radius 2 is 2.41 bits per heavy atom. The Bertz CT molecular complexity index is 432. The number of carbonyl (C=O) groups excluding carboxylic acids is 1. The fraction of sp³-hybridized carbons (Fsp3) is 0.462. The normalized spacial score (nSPS) is 14.6. The molecule has 0 saturated heterocycles. The Balaban J connectivity index is 2.25. The second kappa shape index (κ2) is 4.65.